The van der Waals surface area contributed by atoms with E-state index in [1.54, 1.807) is 12.3 Å². The second-order valence-corrected chi connectivity index (χ2v) is 9.04. The number of carbonyl (C=O) groups excluding carboxylic acids is 1. The molecular weight excluding hydrogens is 428 g/mol. The molecule has 176 valence electrons. The Kier molecular flexibility index (Phi) is 6.24. The molecule has 8 heteroatoms. The van der Waals surface area contributed by atoms with Crippen LogP contribution in [-0.2, 0) is 6.54 Å². The van der Waals surface area contributed by atoms with Crippen LogP contribution >= 0.6 is 0 Å². The van der Waals surface area contributed by atoms with Crippen LogP contribution in [0.3, 0.4) is 0 Å². The summed E-state index contributed by atoms with van der Waals surface area (Å²) in [5.41, 5.74) is 5.79. The van der Waals surface area contributed by atoms with Crippen molar-refractivity contribution in [3.05, 3.63) is 75.3 Å². The van der Waals surface area contributed by atoms with Gasteiger partial charge < -0.3 is 15.2 Å². The smallest absolute Gasteiger partial charge is 0.253 e. The highest BCUT2D eigenvalue weighted by Gasteiger charge is 2.19. The summed E-state index contributed by atoms with van der Waals surface area (Å²) in [5.74, 6) is -0.277. The Morgan fingerprint density at radius 2 is 1.85 bits per heavy atom. The molecule has 2 N–H and O–H groups in total. The third kappa shape index (κ3) is 4.44. The molecule has 0 atom stereocenters. The number of anilines is 1. The van der Waals surface area contributed by atoms with Crippen molar-refractivity contribution in [3.8, 4) is 11.3 Å². The van der Waals surface area contributed by atoms with Crippen molar-refractivity contribution in [2.45, 2.75) is 40.3 Å². The van der Waals surface area contributed by atoms with Gasteiger partial charge in [-0.1, -0.05) is 12.1 Å². The lowest BCUT2D eigenvalue weighted by Crippen LogP contribution is -2.28. The van der Waals surface area contributed by atoms with Crippen LogP contribution in [0, 0.1) is 13.8 Å². The molecular formula is C26H30N6O2. The quantitative estimate of drug-likeness (QED) is 0.456. The van der Waals surface area contributed by atoms with Crippen molar-refractivity contribution >= 4 is 22.6 Å². The number of hydrogen-bond donors (Lipinski definition) is 2. The number of aromatic nitrogens is 4. The van der Waals surface area contributed by atoms with E-state index in [-0.39, 0.29) is 24.1 Å². The molecule has 0 aliphatic rings. The fourth-order valence-electron chi connectivity index (χ4n) is 4.03. The average molecular weight is 459 g/mol. The van der Waals surface area contributed by atoms with Crippen LogP contribution in [-0.4, -0.2) is 39.8 Å². The summed E-state index contributed by atoms with van der Waals surface area (Å²) in [6, 6.07) is 11.8. The fourth-order valence-corrected chi connectivity index (χ4v) is 4.03. The van der Waals surface area contributed by atoms with Crippen molar-refractivity contribution in [2.75, 3.05) is 19.0 Å². The number of nitrogens with one attached hydrogen (secondary N) is 2. The second kappa shape index (κ2) is 9.13. The maximum absolute atomic E-state index is 13.3. The number of pyridine rings is 2. The second-order valence-electron chi connectivity index (χ2n) is 9.04. The summed E-state index contributed by atoms with van der Waals surface area (Å²) >= 11 is 0. The summed E-state index contributed by atoms with van der Waals surface area (Å²) in [7, 11) is 3.98. The van der Waals surface area contributed by atoms with Crippen LogP contribution in [0.15, 0.2) is 47.4 Å². The molecule has 8 nitrogen and oxygen atoms in total. The number of nitrogens with zero attached hydrogens (tertiary/aromatic N) is 4. The molecule has 34 heavy (non-hydrogen) atoms. The molecule has 1 amide bonds. The molecule has 3 heterocycles. The maximum Gasteiger partial charge on any atom is 0.253 e. The molecule has 0 saturated carbocycles. The fraction of sp³-hybridized carbons (Fsp3) is 0.308. The summed E-state index contributed by atoms with van der Waals surface area (Å²) < 4.78 is 1.82. The third-order valence-corrected chi connectivity index (χ3v) is 5.90. The normalized spacial score (nSPS) is 11.3. The number of amides is 1. The zero-order valence-corrected chi connectivity index (χ0v) is 20.4. The number of benzene rings is 1. The van der Waals surface area contributed by atoms with Crippen LogP contribution in [0.2, 0.25) is 0 Å². The number of hydrogen-bond acceptors (Lipinski definition) is 5. The van der Waals surface area contributed by atoms with Gasteiger partial charge in [-0.25, -0.2) is 9.67 Å². The molecule has 0 spiro atoms. The van der Waals surface area contributed by atoms with Gasteiger partial charge in [-0.3, -0.25) is 9.59 Å². The Labute approximate surface area is 198 Å². The van der Waals surface area contributed by atoms with Crippen molar-refractivity contribution in [1.82, 2.24) is 25.1 Å². The van der Waals surface area contributed by atoms with Gasteiger partial charge in [-0.2, -0.15) is 5.10 Å². The van der Waals surface area contributed by atoms with E-state index in [4.69, 9.17) is 4.98 Å². The van der Waals surface area contributed by atoms with Gasteiger partial charge in [0.25, 0.3) is 11.5 Å². The van der Waals surface area contributed by atoms with Crippen LogP contribution in [0.4, 0.5) is 5.69 Å². The molecule has 0 unspecified atom stereocenters. The van der Waals surface area contributed by atoms with E-state index < -0.39 is 0 Å². The summed E-state index contributed by atoms with van der Waals surface area (Å²) in [6.07, 6.45) is 1.68. The highest BCUT2D eigenvalue weighted by atomic mass is 16.1. The Morgan fingerprint density at radius 3 is 2.47 bits per heavy atom. The summed E-state index contributed by atoms with van der Waals surface area (Å²) in [5, 5.41) is 8.07. The third-order valence-electron chi connectivity index (χ3n) is 5.90. The summed E-state index contributed by atoms with van der Waals surface area (Å²) in [4.78, 5) is 35.4. The monoisotopic (exact) mass is 458 g/mol. The van der Waals surface area contributed by atoms with Gasteiger partial charge in [0.05, 0.1) is 22.8 Å². The van der Waals surface area contributed by atoms with Crippen LogP contribution in [0.1, 0.15) is 47.1 Å². The number of aryl methyl sites for hydroxylation is 2. The molecule has 0 aliphatic carbocycles. The number of aromatic amines is 1. The lowest BCUT2D eigenvalue weighted by Gasteiger charge is -2.14. The van der Waals surface area contributed by atoms with E-state index in [0.717, 1.165) is 22.5 Å². The number of rotatable bonds is 6. The number of H-pyrrole nitrogens is 1. The Balaban J connectivity index is 1.75. The summed E-state index contributed by atoms with van der Waals surface area (Å²) in [6.45, 7) is 7.90. The minimum Gasteiger partial charge on any atom is -0.378 e. The van der Waals surface area contributed by atoms with Gasteiger partial charge in [-0.15, -0.1) is 0 Å². The van der Waals surface area contributed by atoms with Crippen molar-refractivity contribution in [2.24, 2.45) is 0 Å². The van der Waals surface area contributed by atoms with E-state index in [2.05, 4.69) is 15.4 Å². The molecule has 4 aromatic rings. The topological polar surface area (TPSA) is 95.9 Å². The zero-order chi connectivity index (χ0) is 24.6. The van der Waals surface area contributed by atoms with Gasteiger partial charge in [0, 0.05) is 49.2 Å². The van der Waals surface area contributed by atoms with Crippen molar-refractivity contribution in [1.29, 1.82) is 0 Å². The van der Waals surface area contributed by atoms with Crippen LogP contribution < -0.4 is 15.8 Å². The minimum atomic E-state index is -0.277. The molecule has 0 saturated heterocycles. The van der Waals surface area contributed by atoms with Gasteiger partial charge in [-0.05, 0) is 57.5 Å². The Hall–Kier alpha value is -3.94. The predicted molar refractivity (Wildman–Crippen MR) is 135 cm³/mol. The first-order valence-electron chi connectivity index (χ1n) is 11.3. The lowest BCUT2D eigenvalue weighted by atomic mass is 10.1. The van der Waals surface area contributed by atoms with Crippen LogP contribution in [0.5, 0.6) is 0 Å². The van der Waals surface area contributed by atoms with Crippen molar-refractivity contribution < 1.29 is 4.79 Å². The standard InChI is InChI=1S/C26H30N6O2/c1-15(2)32-24-22(14-28-32)20(12-23(30-24)18-7-9-19(10-8-18)31(5)6)25(33)27-13-21-16(3)11-17(4)29-26(21)34/h7-12,14-15H,13H2,1-6H3,(H,27,33)(H,29,34). The van der Waals surface area contributed by atoms with Crippen LogP contribution in [0.25, 0.3) is 22.3 Å². The van der Waals surface area contributed by atoms with Gasteiger partial charge in [0.1, 0.15) is 0 Å². The minimum absolute atomic E-state index is 0.0843. The van der Waals surface area contributed by atoms with E-state index in [1.165, 1.54) is 0 Å². The molecule has 0 aliphatic heterocycles. The zero-order valence-electron chi connectivity index (χ0n) is 20.4. The first kappa shape index (κ1) is 23.2. The van der Waals surface area contributed by atoms with E-state index in [9.17, 15) is 9.59 Å². The maximum atomic E-state index is 13.3. The van der Waals surface area contributed by atoms with E-state index >= 15 is 0 Å². The van der Waals surface area contributed by atoms with Gasteiger partial charge >= 0.3 is 0 Å². The lowest BCUT2D eigenvalue weighted by molar-refractivity contribution is 0.0952. The van der Waals surface area contributed by atoms with Gasteiger partial charge in [0.2, 0.25) is 0 Å². The highest BCUT2D eigenvalue weighted by Crippen LogP contribution is 2.27. The highest BCUT2D eigenvalue weighted by molar-refractivity contribution is 6.06. The van der Waals surface area contributed by atoms with Gasteiger partial charge in [0.15, 0.2) is 5.65 Å². The first-order valence-corrected chi connectivity index (χ1v) is 11.3. The van der Waals surface area contributed by atoms with E-state index in [1.807, 2.05) is 81.7 Å². The molecule has 1 aromatic carbocycles. The van der Waals surface area contributed by atoms with E-state index in [0.29, 0.717) is 27.9 Å². The SMILES string of the molecule is Cc1cc(C)c(CNC(=O)c2cc(-c3ccc(N(C)C)cc3)nc3c2cnn3C(C)C)c(=O)[nH]1. The Morgan fingerprint density at radius 1 is 1.15 bits per heavy atom. The molecule has 0 fully saturated rings. The molecule has 0 bridgehead atoms. The Bertz CT molecular complexity index is 1410. The first-order chi connectivity index (χ1) is 16.2. The average Bonchev–Trinajstić information content (AvgIpc) is 3.22. The molecule has 0 radical (unpaired) electrons. The number of fused-ring (bicyclic) bond motifs is 1. The van der Waals surface area contributed by atoms with Crippen molar-refractivity contribution in [3.63, 3.8) is 0 Å². The predicted octanol–water partition coefficient (Wildman–Crippen LogP) is 3.98. The number of carbonyl (C=O) groups is 1. The molecule has 3 aromatic heterocycles. The molecule has 4 rings (SSSR count). The largest absolute Gasteiger partial charge is 0.378 e.